The van der Waals surface area contributed by atoms with E-state index in [0.717, 1.165) is 29.7 Å². The van der Waals surface area contributed by atoms with Crippen molar-refractivity contribution in [1.82, 2.24) is 4.31 Å². The van der Waals surface area contributed by atoms with E-state index in [2.05, 4.69) is 0 Å². The van der Waals surface area contributed by atoms with Crippen molar-refractivity contribution in [3.63, 3.8) is 0 Å². The fraction of sp³-hybridized carbons (Fsp3) is 0.368. The third kappa shape index (κ3) is 2.93. The third-order valence-electron chi connectivity index (χ3n) is 5.06. The molecular weight excluding hydrogens is 363 g/mol. The summed E-state index contributed by atoms with van der Waals surface area (Å²) in [6.07, 6.45) is -2.01. The third-order valence-corrected chi connectivity index (χ3v) is 7.08. The zero-order valence-electron chi connectivity index (χ0n) is 13.9. The van der Waals surface area contributed by atoms with Gasteiger partial charge in [0.1, 0.15) is 0 Å². The highest BCUT2D eigenvalue weighted by molar-refractivity contribution is 7.89. The average Bonchev–Trinajstić information content (AvgIpc) is 3.34. The van der Waals surface area contributed by atoms with Crippen molar-refractivity contribution < 1.29 is 21.6 Å². The van der Waals surface area contributed by atoms with Gasteiger partial charge in [-0.1, -0.05) is 36.4 Å². The van der Waals surface area contributed by atoms with Crippen molar-refractivity contribution in [1.29, 1.82) is 0 Å². The highest BCUT2D eigenvalue weighted by Gasteiger charge is 2.47. The SMILES string of the molecule is O=S(=O)(c1ccccc1C(F)(F)F)N(C1CC1)[C@@H]1CCc2ccccc21. The first-order valence-corrected chi connectivity index (χ1v) is 10.0. The topological polar surface area (TPSA) is 37.4 Å². The summed E-state index contributed by atoms with van der Waals surface area (Å²) in [5.41, 5.74) is 0.881. The Balaban J connectivity index is 1.82. The maximum absolute atomic E-state index is 13.4. The van der Waals surface area contributed by atoms with E-state index in [-0.39, 0.29) is 6.04 Å². The predicted molar refractivity (Wildman–Crippen MR) is 91.0 cm³/mol. The van der Waals surface area contributed by atoms with E-state index >= 15 is 0 Å². The van der Waals surface area contributed by atoms with Crippen LogP contribution in [0.2, 0.25) is 0 Å². The highest BCUT2D eigenvalue weighted by Crippen LogP contribution is 2.46. The van der Waals surface area contributed by atoms with Gasteiger partial charge in [0.15, 0.2) is 0 Å². The first-order chi connectivity index (χ1) is 12.3. The molecule has 26 heavy (non-hydrogen) atoms. The number of hydrogen-bond donors (Lipinski definition) is 0. The van der Waals surface area contributed by atoms with Gasteiger partial charge >= 0.3 is 6.18 Å². The van der Waals surface area contributed by atoms with Crippen molar-refractivity contribution in [3.8, 4) is 0 Å². The largest absolute Gasteiger partial charge is 0.417 e. The first-order valence-electron chi connectivity index (χ1n) is 8.58. The smallest absolute Gasteiger partial charge is 0.207 e. The fourth-order valence-electron chi connectivity index (χ4n) is 3.79. The summed E-state index contributed by atoms with van der Waals surface area (Å²) < 4.78 is 68.1. The average molecular weight is 381 g/mol. The lowest BCUT2D eigenvalue weighted by atomic mass is 10.1. The molecule has 2 aromatic carbocycles. The molecule has 0 heterocycles. The van der Waals surface area contributed by atoms with Crippen LogP contribution in [0.5, 0.6) is 0 Å². The summed E-state index contributed by atoms with van der Waals surface area (Å²) in [7, 11) is -4.26. The van der Waals surface area contributed by atoms with Gasteiger partial charge in [0.25, 0.3) is 0 Å². The van der Waals surface area contributed by atoms with Crippen LogP contribution < -0.4 is 0 Å². The molecule has 0 aromatic heterocycles. The van der Waals surface area contributed by atoms with E-state index in [1.807, 2.05) is 24.3 Å². The van der Waals surface area contributed by atoms with Crippen molar-refractivity contribution in [2.24, 2.45) is 0 Å². The van der Waals surface area contributed by atoms with Crippen LogP contribution >= 0.6 is 0 Å². The number of aryl methyl sites for hydroxylation is 1. The predicted octanol–water partition coefficient (Wildman–Crippen LogP) is 4.55. The van der Waals surface area contributed by atoms with Crippen LogP contribution in [0.1, 0.15) is 42.0 Å². The summed E-state index contributed by atoms with van der Waals surface area (Å²) >= 11 is 0. The van der Waals surface area contributed by atoms with Crippen LogP contribution in [0, 0.1) is 0 Å². The number of benzene rings is 2. The van der Waals surface area contributed by atoms with Crippen molar-refractivity contribution in [2.45, 2.75) is 48.8 Å². The number of nitrogens with zero attached hydrogens (tertiary/aromatic N) is 1. The molecule has 7 heteroatoms. The second-order valence-corrected chi connectivity index (χ2v) is 8.62. The Morgan fingerprint density at radius 2 is 1.58 bits per heavy atom. The lowest BCUT2D eigenvalue weighted by Crippen LogP contribution is -2.37. The number of rotatable bonds is 4. The Labute approximate surface area is 150 Å². The van der Waals surface area contributed by atoms with Crippen LogP contribution in [-0.2, 0) is 22.6 Å². The molecule has 0 bridgehead atoms. The summed E-state index contributed by atoms with van der Waals surface area (Å²) in [5.74, 6) is 0. The van der Waals surface area contributed by atoms with Gasteiger partial charge in [-0.05, 0) is 48.9 Å². The Bertz CT molecular complexity index is 936. The molecule has 2 aromatic rings. The molecule has 0 radical (unpaired) electrons. The Kier molecular flexibility index (Phi) is 4.11. The minimum Gasteiger partial charge on any atom is -0.207 e. The molecule has 0 amide bonds. The van der Waals surface area contributed by atoms with Gasteiger partial charge in [0.05, 0.1) is 16.5 Å². The van der Waals surface area contributed by atoms with Gasteiger partial charge in [-0.2, -0.15) is 17.5 Å². The molecule has 0 unspecified atom stereocenters. The minimum atomic E-state index is -4.72. The van der Waals surface area contributed by atoms with Gasteiger partial charge < -0.3 is 0 Å². The zero-order valence-corrected chi connectivity index (χ0v) is 14.7. The maximum atomic E-state index is 13.4. The quantitative estimate of drug-likeness (QED) is 0.779. The van der Waals surface area contributed by atoms with Gasteiger partial charge in [0, 0.05) is 6.04 Å². The molecule has 0 N–H and O–H groups in total. The molecule has 2 aliphatic carbocycles. The van der Waals surface area contributed by atoms with E-state index in [0.29, 0.717) is 19.3 Å². The van der Waals surface area contributed by atoms with E-state index in [9.17, 15) is 21.6 Å². The van der Waals surface area contributed by atoms with E-state index in [1.54, 1.807) is 0 Å². The summed E-state index contributed by atoms with van der Waals surface area (Å²) in [4.78, 5) is -0.649. The van der Waals surface area contributed by atoms with Crippen molar-refractivity contribution in [3.05, 3.63) is 65.2 Å². The van der Waals surface area contributed by atoms with Crippen LogP contribution in [0.15, 0.2) is 53.4 Å². The monoisotopic (exact) mass is 381 g/mol. The normalized spacial score (nSPS) is 20.4. The van der Waals surface area contributed by atoms with Crippen molar-refractivity contribution in [2.75, 3.05) is 0 Å². The lowest BCUT2D eigenvalue weighted by molar-refractivity contribution is -0.139. The Hall–Kier alpha value is -1.86. The summed E-state index contributed by atoms with van der Waals surface area (Å²) in [6.45, 7) is 0. The van der Waals surface area contributed by atoms with Gasteiger partial charge in [-0.25, -0.2) is 8.42 Å². The molecule has 1 fully saturated rings. The molecule has 4 rings (SSSR count). The van der Waals surface area contributed by atoms with E-state index in [4.69, 9.17) is 0 Å². The zero-order chi connectivity index (χ0) is 18.5. The molecule has 2 aliphatic rings. The Morgan fingerprint density at radius 1 is 0.923 bits per heavy atom. The van der Waals surface area contributed by atoms with E-state index < -0.39 is 32.7 Å². The van der Waals surface area contributed by atoms with Gasteiger partial charge in [-0.3, -0.25) is 0 Å². The maximum Gasteiger partial charge on any atom is 0.417 e. The highest BCUT2D eigenvalue weighted by atomic mass is 32.2. The number of alkyl halides is 3. The molecular formula is C19H18F3NO2S. The van der Waals surface area contributed by atoms with Crippen LogP contribution in [-0.4, -0.2) is 18.8 Å². The van der Waals surface area contributed by atoms with Crippen LogP contribution in [0.4, 0.5) is 13.2 Å². The number of halogens is 3. The molecule has 1 saturated carbocycles. The molecule has 0 aliphatic heterocycles. The number of sulfonamides is 1. The summed E-state index contributed by atoms with van der Waals surface area (Å²) in [5, 5.41) is 0. The minimum absolute atomic E-state index is 0.225. The van der Waals surface area contributed by atoms with Crippen LogP contribution in [0.3, 0.4) is 0 Å². The molecule has 3 nitrogen and oxygen atoms in total. The van der Waals surface area contributed by atoms with Crippen molar-refractivity contribution >= 4 is 10.0 Å². The number of fused-ring (bicyclic) bond motifs is 1. The molecule has 0 spiro atoms. The fourth-order valence-corrected chi connectivity index (χ4v) is 5.88. The summed E-state index contributed by atoms with van der Waals surface area (Å²) in [6, 6.07) is 11.4. The molecule has 138 valence electrons. The number of hydrogen-bond acceptors (Lipinski definition) is 2. The second-order valence-electron chi connectivity index (χ2n) is 6.81. The Morgan fingerprint density at radius 3 is 2.27 bits per heavy atom. The standard InChI is InChI=1S/C19H18F3NO2S/c20-19(21,22)16-7-3-4-8-18(16)26(24,25)23(14-10-11-14)17-12-9-13-5-1-2-6-15(13)17/h1-8,14,17H,9-12H2/t17-/m1/s1. The molecule has 0 saturated heterocycles. The van der Waals surface area contributed by atoms with Gasteiger partial charge in [-0.15, -0.1) is 0 Å². The molecule has 1 atom stereocenters. The van der Waals surface area contributed by atoms with Crippen LogP contribution in [0.25, 0.3) is 0 Å². The lowest BCUT2D eigenvalue weighted by Gasteiger charge is -2.30. The first kappa shape index (κ1) is 17.5. The van der Waals surface area contributed by atoms with Gasteiger partial charge in [0.2, 0.25) is 10.0 Å². The van der Waals surface area contributed by atoms with E-state index in [1.165, 1.54) is 16.4 Å². The second kappa shape index (κ2) is 6.09.